The van der Waals surface area contributed by atoms with Gasteiger partial charge in [0, 0.05) is 18.3 Å². The summed E-state index contributed by atoms with van der Waals surface area (Å²) in [7, 11) is 0. The van der Waals surface area contributed by atoms with Gasteiger partial charge in [0.05, 0.1) is 12.5 Å². The van der Waals surface area contributed by atoms with Crippen LogP contribution in [0.3, 0.4) is 0 Å². The molecular weight excluding hydrogens is 226 g/mol. The van der Waals surface area contributed by atoms with Gasteiger partial charge < -0.3 is 10.2 Å². The van der Waals surface area contributed by atoms with E-state index in [1.54, 1.807) is 4.90 Å². The van der Waals surface area contributed by atoms with Crippen LogP contribution >= 0.6 is 0 Å². The topological polar surface area (TPSA) is 56.1 Å². The van der Waals surface area contributed by atoms with Gasteiger partial charge in [-0.05, 0) is 31.9 Å². The zero-order valence-corrected chi connectivity index (χ0v) is 10.5. The smallest absolute Gasteiger partial charge is 0.321 e. The SMILES string of the molecule is Cc1ccc(NC(=O)N(CCC#N)C2CC2)cc1. The Morgan fingerprint density at radius 1 is 1.44 bits per heavy atom. The molecule has 0 heterocycles. The molecule has 4 nitrogen and oxygen atoms in total. The number of rotatable bonds is 4. The molecule has 1 aliphatic carbocycles. The van der Waals surface area contributed by atoms with E-state index in [2.05, 4.69) is 11.4 Å². The van der Waals surface area contributed by atoms with E-state index in [9.17, 15) is 4.79 Å². The molecule has 2 rings (SSSR count). The number of nitrogens with one attached hydrogen (secondary N) is 1. The van der Waals surface area contributed by atoms with Gasteiger partial charge in [0.15, 0.2) is 0 Å². The Balaban J connectivity index is 1.96. The lowest BCUT2D eigenvalue weighted by atomic mass is 10.2. The van der Waals surface area contributed by atoms with Gasteiger partial charge in [0.2, 0.25) is 0 Å². The van der Waals surface area contributed by atoms with Crippen molar-refractivity contribution in [3.05, 3.63) is 29.8 Å². The summed E-state index contributed by atoms with van der Waals surface area (Å²) < 4.78 is 0. The second-order valence-electron chi connectivity index (χ2n) is 4.63. The highest BCUT2D eigenvalue weighted by Crippen LogP contribution is 2.27. The van der Waals surface area contributed by atoms with Crippen molar-refractivity contribution in [3.63, 3.8) is 0 Å². The van der Waals surface area contributed by atoms with Crippen LogP contribution in [-0.2, 0) is 0 Å². The van der Waals surface area contributed by atoms with Crippen LogP contribution in [0.4, 0.5) is 10.5 Å². The van der Waals surface area contributed by atoms with E-state index in [1.807, 2.05) is 31.2 Å². The monoisotopic (exact) mass is 243 g/mol. The third kappa shape index (κ3) is 3.24. The summed E-state index contributed by atoms with van der Waals surface area (Å²) in [5.41, 5.74) is 1.96. The Hall–Kier alpha value is -2.02. The fraction of sp³-hybridized carbons (Fsp3) is 0.429. The van der Waals surface area contributed by atoms with Crippen LogP contribution < -0.4 is 5.32 Å². The van der Waals surface area contributed by atoms with Gasteiger partial charge in [-0.15, -0.1) is 0 Å². The fourth-order valence-electron chi connectivity index (χ4n) is 1.84. The zero-order valence-electron chi connectivity index (χ0n) is 10.5. The normalized spacial score (nSPS) is 13.8. The van der Waals surface area contributed by atoms with E-state index >= 15 is 0 Å². The quantitative estimate of drug-likeness (QED) is 0.884. The molecule has 1 aromatic rings. The Morgan fingerprint density at radius 3 is 2.67 bits per heavy atom. The molecule has 0 spiro atoms. The molecule has 4 heteroatoms. The number of urea groups is 1. The number of nitriles is 1. The molecule has 0 bridgehead atoms. The van der Waals surface area contributed by atoms with E-state index in [0.717, 1.165) is 24.1 Å². The highest BCUT2D eigenvalue weighted by molar-refractivity contribution is 5.89. The molecule has 0 unspecified atom stereocenters. The third-order valence-corrected chi connectivity index (χ3v) is 3.02. The average molecular weight is 243 g/mol. The van der Waals surface area contributed by atoms with Gasteiger partial charge in [-0.2, -0.15) is 5.26 Å². The molecular formula is C14H17N3O. The van der Waals surface area contributed by atoms with Crippen LogP contribution in [0.5, 0.6) is 0 Å². The predicted octanol–water partition coefficient (Wildman–Crippen LogP) is 2.91. The van der Waals surface area contributed by atoms with Crippen LogP contribution in [0.2, 0.25) is 0 Å². The van der Waals surface area contributed by atoms with Crippen LogP contribution in [0.15, 0.2) is 24.3 Å². The number of hydrogen-bond donors (Lipinski definition) is 1. The summed E-state index contributed by atoms with van der Waals surface area (Å²) in [5, 5.41) is 11.5. The van der Waals surface area contributed by atoms with Crippen molar-refractivity contribution in [3.8, 4) is 6.07 Å². The lowest BCUT2D eigenvalue weighted by molar-refractivity contribution is 0.210. The van der Waals surface area contributed by atoms with Crippen molar-refractivity contribution in [2.24, 2.45) is 0 Å². The van der Waals surface area contributed by atoms with Crippen molar-refractivity contribution >= 4 is 11.7 Å². The first-order valence-corrected chi connectivity index (χ1v) is 6.22. The molecule has 94 valence electrons. The Bertz CT molecular complexity index is 457. The lowest BCUT2D eigenvalue weighted by Crippen LogP contribution is -2.37. The van der Waals surface area contributed by atoms with Crippen LogP contribution in [0.1, 0.15) is 24.8 Å². The number of amides is 2. The molecule has 0 aliphatic heterocycles. The van der Waals surface area contributed by atoms with Crippen molar-refractivity contribution in [1.82, 2.24) is 4.90 Å². The first-order chi connectivity index (χ1) is 8.70. The van der Waals surface area contributed by atoms with Gasteiger partial charge in [0.25, 0.3) is 0 Å². The highest BCUT2D eigenvalue weighted by atomic mass is 16.2. The van der Waals surface area contributed by atoms with Crippen LogP contribution in [0.25, 0.3) is 0 Å². The summed E-state index contributed by atoms with van der Waals surface area (Å²) in [6.07, 6.45) is 2.48. The molecule has 0 radical (unpaired) electrons. The van der Waals surface area contributed by atoms with Gasteiger partial charge >= 0.3 is 6.03 Å². The minimum Gasteiger partial charge on any atom is -0.321 e. The van der Waals surface area contributed by atoms with Crippen molar-refractivity contribution in [2.45, 2.75) is 32.2 Å². The largest absolute Gasteiger partial charge is 0.322 e. The lowest BCUT2D eigenvalue weighted by Gasteiger charge is -2.21. The molecule has 0 saturated heterocycles. The number of carbonyl (C=O) groups is 1. The van der Waals surface area contributed by atoms with E-state index < -0.39 is 0 Å². The van der Waals surface area contributed by atoms with Gasteiger partial charge in [-0.25, -0.2) is 4.79 Å². The van der Waals surface area contributed by atoms with Crippen molar-refractivity contribution in [1.29, 1.82) is 5.26 Å². The minimum absolute atomic E-state index is 0.100. The second-order valence-corrected chi connectivity index (χ2v) is 4.63. The molecule has 18 heavy (non-hydrogen) atoms. The molecule has 1 aliphatic rings. The third-order valence-electron chi connectivity index (χ3n) is 3.02. The maximum absolute atomic E-state index is 12.1. The first-order valence-electron chi connectivity index (χ1n) is 6.22. The number of carbonyl (C=O) groups excluding carboxylic acids is 1. The number of benzene rings is 1. The molecule has 2 amide bonds. The molecule has 1 saturated carbocycles. The van der Waals surface area contributed by atoms with Gasteiger partial charge in [0.1, 0.15) is 0 Å². The van der Waals surface area contributed by atoms with E-state index in [1.165, 1.54) is 0 Å². The van der Waals surface area contributed by atoms with Crippen LogP contribution in [0, 0.1) is 18.3 Å². The van der Waals surface area contributed by atoms with Crippen molar-refractivity contribution < 1.29 is 4.79 Å². The predicted molar refractivity (Wildman–Crippen MR) is 70.2 cm³/mol. The standard InChI is InChI=1S/C14H17N3O/c1-11-3-5-12(6-4-11)16-14(18)17(10-2-9-15)13-7-8-13/h3-6,13H,2,7-8,10H2,1H3,(H,16,18). The second kappa shape index (κ2) is 5.54. The molecule has 1 N–H and O–H groups in total. The number of hydrogen-bond acceptors (Lipinski definition) is 2. The van der Waals surface area contributed by atoms with Crippen molar-refractivity contribution in [2.75, 3.05) is 11.9 Å². The molecule has 1 fully saturated rings. The summed E-state index contributed by atoms with van der Waals surface area (Å²) in [6.45, 7) is 2.52. The average Bonchev–Trinajstić information content (AvgIpc) is 3.17. The molecule has 0 atom stereocenters. The summed E-state index contributed by atoms with van der Waals surface area (Å²) >= 11 is 0. The highest BCUT2D eigenvalue weighted by Gasteiger charge is 2.32. The Kier molecular flexibility index (Phi) is 3.83. The molecule has 1 aromatic carbocycles. The fourth-order valence-corrected chi connectivity index (χ4v) is 1.84. The van der Waals surface area contributed by atoms with Gasteiger partial charge in [-0.1, -0.05) is 17.7 Å². The van der Waals surface area contributed by atoms with Crippen LogP contribution in [-0.4, -0.2) is 23.5 Å². The number of anilines is 1. The summed E-state index contributed by atoms with van der Waals surface area (Å²) in [4.78, 5) is 13.9. The first kappa shape index (κ1) is 12.4. The number of aryl methyl sites for hydroxylation is 1. The molecule has 0 aromatic heterocycles. The minimum atomic E-state index is -0.100. The van der Waals surface area contributed by atoms with E-state index in [0.29, 0.717) is 19.0 Å². The summed E-state index contributed by atoms with van der Waals surface area (Å²) in [5.74, 6) is 0. The summed E-state index contributed by atoms with van der Waals surface area (Å²) in [6, 6.07) is 10.0. The Morgan fingerprint density at radius 2 is 2.11 bits per heavy atom. The van der Waals surface area contributed by atoms with Gasteiger partial charge in [-0.3, -0.25) is 0 Å². The van der Waals surface area contributed by atoms with E-state index in [4.69, 9.17) is 5.26 Å². The number of nitrogens with zero attached hydrogens (tertiary/aromatic N) is 2. The Labute approximate surface area is 107 Å². The maximum atomic E-state index is 12.1. The van der Waals surface area contributed by atoms with E-state index in [-0.39, 0.29) is 6.03 Å². The maximum Gasteiger partial charge on any atom is 0.322 e. The zero-order chi connectivity index (χ0) is 13.0.